The normalized spacial score (nSPS) is 26.2. The van der Waals surface area contributed by atoms with E-state index in [4.69, 9.17) is 4.74 Å². The number of hydrogen-bond donors (Lipinski definition) is 2. The Kier molecular flexibility index (Phi) is 5.11. The molecule has 1 aliphatic heterocycles. The van der Waals surface area contributed by atoms with Gasteiger partial charge in [-0.25, -0.2) is 13.6 Å². The van der Waals surface area contributed by atoms with E-state index in [1.54, 1.807) is 24.3 Å². The zero-order valence-corrected chi connectivity index (χ0v) is 14.4. The first-order chi connectivity index (χ1) is 11.8. The van der Waals surface area contributed by atoms with Crippen molar-refractivity contribution in [1.29, 1.82) is 0 Å². The van der Waals surface area contributed by atoms with Crippen LogP contribution < -0.4 is 5.32 Å². The highest BCUT2D eigenvalue weighted by molar-refractivity contribution is 5.82. The zero-order chi connectivity index (χ0) is 18.1. The van der Waals surface area contributed by atoms with E-state index in [1.165, 1.54) is 0 Å². The van der Waals surface area contributed by atoms with Gasteiger partial charge in [0.25, 0.3) is 0 Å². The maximum atomic E-state index is 13.8. The third-order valence-electron chi connectivity index (χ3n) is 5.36. The first kappa shape index (κ1) is 18.3. The third-order valence-corrected chi connectivity index (χ3v) is 5.36. The number of hydrogen-bond acceptors (Lipinski definition) is 4. The average Bonchev–Trinajstić information content (AvgIpc) is 2.96. The lowest BCUT2D eigenvalue weighted by Crippen LogP contribution is -2.46. The smallest absolute Gasteiger partial charge is 0.343 e. The summed E-state index contributed by atoms with van der Waals surface area (Å²) in [6, 6.07) is 6.81. The predicted octanol–water partition coefficient (Wildman–Crippen LogP) is 2.91. The summed E-state index contributed by atoms with van der Waals surface area (Å²) >= 11 is 0. The van der Waals surface area contributed by atoms with Crippen LogP contribution in [0.2, 0.25) is 0 Å². The molecule has 2 fully saturated rings. The third kappa shape index (κ3) is 3.85. The molecule has 0 radical (unpaired) electrons. The van der Waals surface area contributed by atoms with E-state index in [-0.39, 0.29) is 18.9 Å². The molecule has 1 saturated carbocycles. The van der Waals surface area contributed by atoms with Crippen molar-refractivity contribution >= 4 is 5.97 Å². The Hall–Kier alpha value is -1.53. The van der Waals surface area contributed by atoms with Crippen molar-refractivity contribution in [3.05, 3.63) is 35.4 Å². The summed E-state index contributed by atoms with van der Waals surface area (Å²) in [4.78, 5) is 12.9. The number of benzene rings is 1. The van der Waals surface area contributed by atoms with Crippen LogP contribution in [0.5, 0.6) is 0 Å². The molecule has 1 aromatic rings. The van der Waals surface area contributed by atoms with E-state index >= 15 is 0 Å². The highest BCUT2D eigenvalue weighted by Gasteiger charge is 2.54. The summed E-state index contributed by atoms with van der Waals surface area (Å²) in [6.45, 7) is 3.37. The molecule has 1 aromatic carbocycles. The van der Waals surface area contributed by atoms with Crippen LogP contribution in [-0.2, 0) is 15.1 Å². The quantitative estimate of drug-likeness (QED) is 0.817. The van der Waals surface area contributed by atoms with Crippen molar-refractivity contribution in [2.24, 2.45) is 5.92 Å². The molecule has 6 heteroatoms. The number of carbonyl (C=O) groups is 1. The van der Waals surface area contributed by atoms with E-state index in [0.29, 0.717) is 18.4 Å². The summed E-state index contributed by atoms with van der Waals surface area (Å²) in [5.74, 6) is -4.50. The topological polar surface area (TPSA) is 58.6 Å². The fourth-order valence-electron chi connectivity index (χ4n) is 3.79. The number of halogens is 2. The number of esters is 1. The Morgan fingerprint density at radius 1 is 1.24 bits per heavy atom. The summed E-state index contributed by atoms with van der Waals surface area (Å²) in [7, 11) is 0. The highest BCUT2D eigenvalue weighted by Crippen LogP contribution is 2.48. The summed E-state index contributed by atoms with van der Waals surface area (Å²) in [5.41, 5.74) is -0.729. The van der Waals surface area contributed by atoms with Gasteiger partial charge in [-0.15, -0.1) is 0 Å². The minimum atomic E-state index is -2.85. The van der Waals surface area contributed by atoms with Crippen molar-refractivity contribution in [2.75, 3.05) is 13.1 Å². The maximum Gasteiger partial charge on any atom is 0.343 e. The zero-order valence-electron chi connectivity index (χ0n) is 14.4. The van der Waals surface area contributed by atoms with Crippen LogP contribution in [-0.4, -0.2) is 36.2 Å². The lowest BCUT2D eigenvalue weighted by atomic mass is 9.79. The second-order valence-electron chi connectivity index (χ2n) is 7.28. The van der Waals surface area contributed by atoms with Crippen molar-refractivity contribution in [1.82, 2.24) is 5.32 Å². The lowest BCUT2D eigenvalue weighted by Gasteiger charge is -2.34. The molecule has 3 rings (SSSR count). The second-order valence-corrected chi connectivity index (χ2v) is 7.28. The lowest BCUT2D eigenvalue weighted by molar-refractivity contribution is -0.181. The van der Waals surface area contributed by atoms with Gasteiger partial charge < -0.3 is 15.2 Å². The van der Waals surface area contributed by atoms with Crippen molar-refractivity contribution in [3.8, 4) is 0 Å². The molecule has 1 saturated heterocycles. The summed E-state index contributed by atoms with van der Waals surface area (Å²) in [6.07, 6.45) is 0.323. The van der Waals surface area contributed by atoms with Gasteiger partial charge in [0.05, 0.1) is 0 Å². The molecule has 2 atom stereocenters. The minimum Gasteiger partial charge on any atom is -0.460 e. The van der Waals surface area contributed by atoms with Crippen LogP contribution >= 0.6 is 0 Å². The molecule has 1 heterocycles. The number of rotatable bonds is 4. The fraction of sp³-hybridized carbons (Fsp3) is 0.632. The first-order valence-corrected chi connectivity index (χ1v) is 8.90. The van der Waals surface area contributed by atoms with Gasteiger partial charge in [0, 0.05) is 18.8 Å². The molecule has 0 aromatic heterocycles. The average molecular weight is 353 g/mol. The Labute approximate surface area is 146 Å². The molecular formula is C19H25F2NO3. The van der Waals surface area contributed by atoms with Crippen molar-refractivity contribution in [2.45, 2.75) is 56.7 Å². The molecular weight excluding hydrogens is 328 g/mol. The fourth-order valence-corrected chi connectivity index (χ4v) is 3.79. The van der Waals surface area contributed by atoms with Gasteiger partial charge in [-0.05, 0) is 44.8 Å². The molecule has 2 unspecified atom stereocenters. The number of ether oxygens (including phenoxy) is 1. The van der Waals surface area contributed by atoms with Crippen LogP contribution in [0.4, 0.5) is 8.78 Å². The van der Waals surface area contributed by atoms with E-state index in [0.717, 1.165) is 18.7 Å². The van der Waals surface area contributed by atoms with Gasteiger partial charge in [-0.1, -0.05) is 29.8 Å². The Morgan fingerprint density at radius 2 is 1.88 bits per heavy atom. The van der Waals surface area contributed by atoms with Gasteiger partial charge in [-0.2, -0.15) is 0 Å². The van der Waals surface area contributed by atoms with Gasteiger partial charge >= 0.3 is 5.97 Å². The highest BCUT2D eigenvalue weighted by atomic mass is 19.3. The Morgan fingerprint density at radius 3 is 2.44 bits per heavy atom. The summed E-state index contributed by atoms with van der Waals surface area (Å²) < 4.78 is 33.1. The van der Waals surface area contributed by atoms with Gasteiger partial charge in [-0.3, -0.25) is 0 Å². The van der Waals surface area contributed by atoms with E-state index in [1.807, 2.05) is 6.92 Å². The Bertz CT molecular complexity index is 614. The van der Waals surface area contributed by atoms with E-state index in [9.17, 15) is 18.7 Å². The number of piperidine rings is 1. The maximum absolute atomic E-state index is 13.8. The van der Waals surface area contributed by atoms with E-state index in [2.05, 4.69) is 5.32 Å². The SMILES string of the molecule is Cc1ccc(C(O)(C(=O)OC2CCNCC2)C2CCC(F)(F)C2)cc1. The van der Waals surface area contributed by atoms with Crippen LogP contribution in [0.15, 0.2) is 24.3 Å². The molecule has 0 spiro atoms. The Balaban J connectivity index is 1.88. The van der Waals surface area contributed by atoms with Gasteiger partial charge in [0.1, 0.15) is 6.10 Å². The van der Waals surface area contributed by atoms with Crippen LogP contribution in [0.25, 0.3) is 0 Å². The molecule has 0 bridgehead atoms. The van der Waals surface area contributed by atoms with E-state index < -0.39 is 29.8 Å². The number of aliphatic hydroxyl groups is 1. The number of alkyl halides is 2. The largest absolute Gasteiger partial charge is 0.460 e. The van der Waals surface area contributed by atoms with Crippen LogP contribution in [0, 0.1) is 12.8 Å². The van der Waals surface area contributed by atoms with Gasteiger partial charge in [0.2, 0.25) is 5.92 Å². The molecule has 4 nitrogen and oxygen atoms in total. The van der Waals surface area contributed by atoms with Crippen molar-refractivity contribution < 1.29 is 23.4 Å². The number of nitrogens with one attached hydrogen (secondary N) is 1. The number of carbonyl (C=O) groups excluding carboxylic acids is 1. The molecule has 2 aliphatic rings. The first-order valence-electron chi connectivity index (χ1n) is 8.90. The number of aryl methyl sites for hydroxylation is 1. The van der Waals surface area contributed by atoms with Crippen molar-refractivity contribution in [3.63, 3.8) is 0 Å². The minimum absolute atomic E-state index is 0.0959. The summed E-state index contributed by atoms with van der Waals surface area (Å²) in [5, 5.41) is 14.5. The molecule has 2 N–H and O–H groups in total. The van der Waals surface area contributed by atoms with Crippen LogP contribution in [0.3, 0.4) is 0 Å². The molecule has 138 valence electrons. The van der Waals surface area contributed by atoms with Crippen LogP contribution in [0.1, 0.15) is 43.2 Å². The molecule has 0 amide bonds. The predicted molar refractivity (Wildman–Crippen MR) is 89.3 cm³/mol. The molecule has 25 heavy (non-hydrogen) atoms. The standard InChI is InChI=1S/C19H25F2NO3/c1-13-2-4-14(5-3-13)19(24,15-6-9-18(20,21)12-15)17(23)25-16-7-10-22-11-8-16/h2-5,15-16,22,24H,6-12H2,1H3. The molecule has 1 aliphatic carbocycles. The second kappa shape index (κ2) is 7.00. The monoisotopic (exact) mass is 353 g/mol. The van der Waals surface area contributed by atoms with Gasteiger partial charge in [0.15, 0.2) is 5.60 Å².